The van der Waals surface area contributed by atoms with Gasteiger partial charge in [-0.1, -0.05) is 0 Å². The summed E-state index contributed by atoms with van der Waals surface area (Å²) in [4.78, 5) is 11.1. The number of ether oxygens (including phenoxy) is 1. The van der Waals surface area contributed by atoms with E-state index in [1.54, 1.807) is 12.1 Å². The minimum Gasteiger partial charge on any atom is -0.492 e. The highest BCUT2D eigenvalue weighted by Gasteiger charge is 2.09. The van der Waals surface area contributed by atoms with E-state index in [2.05, 4.69) is 15.9 Å². The van der Waals surface area contributed by atoms with E-state index >= 15 is 0 Å². The summed E-state index contributed by atoms with van der Waals surface area (Å²) in [6.07, 6.45) is 0. The molecule has 0 saturated carbocycles. The zero-order chi connectivity index (χ0) is 10.7. The average Bonchev–Trinajstić information content (AvgIpc) is 2.12. The van der Waals surface area contributed by atoms with E-state index in [1.165, 1.54) is 6.92 Å². The molecule has 1 aromatic carbocycles. The van der Waals surface area contributed by atoms with Gasteiger partial charge in [-0.3, -0.25) is 4.79 Å². The fourth-order valence-corrected chi connectivity index (χ4v) is 1.51. The maximum Gasteiger partial charge on any atom is 0.159 e. The van der Waals surface area contributed by atoms with Crippen molar-refractivity contribution in [2.75, 3.05) is 12.3 Å². The highest BCUT2D eigenvalue weighted by atomic mass is 79.9. The topological polar surface area (TPSA) is 52.3 Å². The van der Waals surface area contributed by atoms with E-state index in [0.717, 1.165) is 0 Å². The Morgan fingerprint density at radius 1 is 1.57 bits per heavy atom. The molecular formula is C10H12BrNO2. The van der Waals surface area contributed by atoms with Crippen molar-refractivity contribution in [1.29, 1.82) is 0 Å². The zero-order valence-electron chi connectivity index (χ0n) is 8.13. The quantitative estimate of drug-likeness (QED) is 0.669. The Morgan fingerprint density at radius 3 is 2.71 bits per heavy atom. The second-order valence-electron chi connectivity index (χ2n) is 2.86. The summed E-state index contributed by atoms with van der Waals surface area (Å²) in [6.45, 7) is 3.90. The zero-order valence-corrected chi connectivity index (χ0v) is 9.72. The van der Waals surface area contributed by atoms with Crippen LogP contribution < -0.4 is 10.5 Å². The number of ketones is 1. The summed E-state index contributed by atoms with van der Waals surface area (Å²) < 4.78 is 5.99. The predicted molar refractivity (Wildman–Crippen MR) is 59.7 cm³/mol. The molecule has 0 heterocycles. The first-order chi connectivity index (χ1) is 6.56. The molecule has 0 spiro atoms. The SMILES string of the molecule is CCOc1cc(C(C)=O)cc(Br)c1N. The van der Waals surface area contributed by atoms with Crippen molar-refractivity contribution in [2.24, 2.45) is 0 Å². The first-order valence-corrected chi connectivity index (χ1v) is 5.08. The van der Waals surface area contributed by atoms with Crippen molar-refractivity contribution in [3.63, 3.8) is 0 Å². The van der Waals surface area contributed by atoms with Crippen LogP contribution in [0, 0.1) is 0 Å². The number of benzene rings is 1. The Balaban J connectivity index is 3.20. The molecule has 3 nitrogen and oxygen atoms in total. The molecule has 0 radical (unpaired) electrons. The number of rotatable bonds is 3. The van der Waals surface area contributed by atoms with Crippen molar-refractivity contribution in [1.82, 2.24) is 0 Å². The summed E-state index contributed by atoms with van der Waals surface area (Å²) in [5.41, 5.74) is 6.87. The molecule has 1 rings (SSSR count). The summed E-state index contributed by atoms with van der Waals surface area (Å²) in [5, 5.41) is 0. The van der Waals surface area contributed by atoms with Crippen molar-refractivity contribution in [3.8, 4) is 5.75 Å². The van der Waals surface area contributed by atoms with E-state index in [4.69, 9.17) is 10.5 Å². The Morgan fingerprint density at radius 2 is 2.21 bits per heavy atom. The van der Waals surface area contributed by atoms with Gasteiger partial charge >= 0.3 is 0 Å². The van der Waals surface area contributed by atoms with Gasteiger partial charge in [-0.2, -0.15) is 0 Å². The number of halogens is 1. The summed E-state index contributed by atoms with van der Waals surface area (Å²) in [5.74, 6) is 0.540. The molecule has 0 aliphatic rings. The minimum atomic E-state index is -0.00773. The second-order valence-corrected chi connectivity index (χ2v) is 3.71. The first-order valence-electron chi connectivity index (χ1n) is 4.29. The highest BCUT2D eigenvalue weighted by molar-refractivity contribution is 9.10. The lowest BCUT2D eigenvalue weighted by Gasteiger charge is -2.09. The number of carbonyl (C=O) groups excluding carboxylic acids is 1. The van der Waals surface area contributed by atoms with Gasteiger partial charge in [0, 0.05) is 10.0 Å². The van der Waals surface area contributed by atoms with Gasteiger partial charge in [0.1, 0.15) is 5.75 Å². The number of hydrogen-bond acceptors (Lipinski definition) is 3. The third-order valence-electron chi connectivity index (χ3n) is 1.80. The van der Waals surface area contributed by atoms with Crippen LogP contribution in [0.5, 0.6) is 5.75 Å². The molecule has 0 amide bonds. The predicted octanol–water partition coefficient (Wildman–Crippen LogP) is 2.63. The standard InChI is InChI=1S/C10H12BrNO2/c1-3-14-9-5-7(6(2)13)4-8(11)10(9)12/h4-5H,3,12H2,1-2H3. The fraction of sp³-hybridized carbons (Fsp3) is 0.300. The lowest BCUT2D eigenvalue weighted by atomic mass is 10.1. The van der Waals surface area contributed by atoms with Gasteiger partial charge in [0.05, 0.1) is 12.3 Å². The van der Waals surface area contributed by atoms with Crippen molar-refractivity contribution < 1.29 is 9.53 Å². The largest absolute Gasteiger partial charge is 0.492 e. The molecule has 0 bridgehead atoms. The van der Waals surface area contributed by atoms with Crippen LogP contribution in [0.25, 0.3) is 0 Å². The lowest BCUT2D eigenvalue weighted by Crippen LogP contribution is -2.01. The highest BCUT2D eigenvalue weighted by Crippen LogP contribution is 2.31. The van der Waals surface area contributed by atoms with E-state index in [0.29, 0.717) is 28.1 Å². The van der Waals surface area contributed by atoms with Gasteiger partial charge in [-0.15, -0.1) is 0 Å². The van der Waals surface area contributed by atoms with E-state index in [-0.39, 0.29) is 5.78 Å². The van der Waals surface area contributed by atoms with Gasteiger partial charge in [-0.05, 0) is 41.9 Å². The van der Waals surface area contributed by atoms with E-state index in [1.807, 2.05) is 6.92 Å². The van der Waals surface area contributed by atoms with Crippen LogP contribution in [0.2, 0.25) is 0 Å². The average molecular weight is 258 g/mol. The molecule has 0 fully saturated rings. The normalized spacial score (nSPS) is 9.93. The van der Waals surface area contributed by atoms with Gasteiger partial charge in [0.15, 0.2) is 5.78 Å². The van der Waals surface area contributed by atoms with Crippen molar-refractivity contribution in [3.05, 3.63) is 22.2 Å². The van der Waals surface area contributed by atoms with Gasteiger partial charge in [0.25, 0.3) is 0 Å². The molecule has 0 aliphatic heterocycles. The third kappa shape index (κ3) is 2.26. The van der Waals surface area contributed by atoms with Crippen LogP contribution >= 0.6 is 15.9 Å². The van der Waals surface area contributed by atoms with E-state index in [9.17, 15) is 4.79 Å². The van der Waals surface area contributed by atoms with Gasteiger partial charge in [-0.25, -0.2) is 0 Å². The number of nitrogen functional groups attached to an aromatic ring is 1. The maximum absolute atomic E-state index is 11.1. The number of nitrogens with two attached hydrogens (primary N) is 1. The van der Waals surface area contributed by atoms with Crippen molar-refractivity contribution >= 4 is 27.4 Å². The van der Waals surface area contributed by atoms with Crippen LogP contribution in [-0.2, 0) is 0 Å². The monoisotopic (exact) mass is 257 g/mol. The molecule has 0 aliphatic carbocycles. The minimum absolute atomic E-state index is 0.00773. The molecule has 1 aromatic rings. The lowest BCUT2D eigenvalue weighted by molar-refractivity contribution is 0.101. The Kier molecular flexibility index (Phi) is 3.52. The molecule has 14 heavy (non-hydrogen) atoms. The molecular weight excluding hydrogens is 246 g/mol. The van der Waals surface area contributed by atoms with Gasteiger partial charge < -0.3 is 10.5 Å². The molecule has 2 N–H and O–H groups in total. The van der Waals surface area contributed by atoms with Gasteiger partial charge in [0.2, 0.25) is 0 Å². The number of carbonyl (C=O) groups is 1. The molecule has 76 valence electrons. The number of Topliss-reactive ketones (excluding diaryl/α,β-unsaturated/α-hetero) is 1. The molecule has 0 atom stereocenters. The first kappa shape index (κ1) is 11.0. The summed E-state index contributed by atoms with van der Waals surface area (Å²) >= 11 is 3.28. The molecule has 0 aromatic heterocycles. The smallest absolute Gasteiger partial charge is 0.159 e. The number of hydrogen-bond donors (Lipinski definition) is 1. The Bertz CT molecular complexity index is 363. The fourth-order valence-electron chi connectivity index (χ4n) is 1.07. The van der Waals surface area contributed by atoms with Crippen LogP contribution in [0.4, 0.5) is 5.69 Å². The summed E-state index contributed by atoms with van der Waals surface area (Å²) in [6, 6.07) is 3.35. The van der Waals surface area contributed by atoms with E-state index < -0.39 is 0 Å². The third-order valence-corrected chi connectivity index (χ3v) is 2.45. The maximum atomic E-state index is 11.1. The second kappa shape index (κ2) is 4.46. The molecule has 4 heteroatoms. The summed E-state index contributed by atoms with van der Waals surface area (Å²) in [7, 11) is 0. The van der Waals surface area contributed by atoms with Crippen molar-refractivity contribution in [2.45, 2.75) is 13.8 Å². The van der Waals surface area contributed by atoms with Crippen LogP contribution in [0.15, 0.2) is 16.6 Å². The molecule has 0 saturated heterocycles. The van der Waals surface area contributed by atoms with Crippen LogP contribution in [0.1, 0.15) is 24.2 Å². The Hall–Kier alpha value is -1.03. The van der Waals surface area contributed by atoms with Crippen LogP contribution in [0.3, 0.4) is 0 Å². The molecule has 0 unspecified atom stereocenters. The number of anilines is 1. The van der Waals surface area contributed by atoms with Crippen LogP contribution in [-0.4, -0.2) is 12.4 Å². The Labute approximate surface area is 91.4 Å².